The molecule has 2 atom stereocenters. The molecular formula is C29H31F4N9O2. The summed E-state index contributed by atoms with van der Waals surface area (Å²) in [6, 6.07) is 5.82. The number of piperazine rings is 1. The SMILES string of the molecule is C[C@@H]1CN(c2cc(F)c(-c3cnc(N4CCOCC4)nc3)cc2NC(=O)c2ccc3nnc(C(F)(F)F)n3c2)C[C@H](C)N1C. The number of aromatic nitrogens is 5. The summed E-state index contributed by atoms with van der Waals surface area (Å²) in [5.74, 6) is -1.94. The number of alkyl halides is 3. The van der Waals surface area contributed by atoms with Crippen LogP contribution in [0.4, 0.5) is 34.9 Å². The molecule has 11 nitrogen and oxygen atoms in total. The highest BCUT2D eigenvalue weighted by atomic mass is 19.4. The van der Waals surface area contributed by atoms with E-state index in [4.69, 9.17) is 4.74 Å². The van der Waals surface area contributed by atoms with E-state index in [2.05, 4.69) is 44.2 Å². The number of likely N-dealkylation sites (N-methyl/N-ethyl adjacent to an activating group) is 1. The van der Waals surface area contributed by atoms with E-state index < -0.39 is 23.7 Å². The molecule has 2 fully saturated rings. The molecule has 0 aliphatic carbocycles. The number of pyridine rings is 1. The van der Waals surface area contributed by atoms with Gasteiger partial charge in [-0.2, -0.15) is 13.2 Å². The number of amides is 1. The van der Waals surface area contributed by atoms with Gasteiger partial charge in [0.05, 0.1) is 30.2 Å². The number of morpholine rings is 1. The van der Waals surface area contributed by atoms with Crippen LogP contribution in [0.1, 0.15) is 30.0 Å². The number of carbonyl (C=O) groups excluding carboxylic acids is 1. The Kier molecular flexibility index (Phi) is 7.84. The van der Waals surface area contributed by atoms with Gasteiger partial charge in [0, 0.05) is 68.0 Å². The molecule has 15 heteroatoms. The summed E-state index contributed by atoms with van der Waals surface area (Å²) in [6.07, 6.45) is -0.669. The number of carbonyl (C=O) groups is 1. The van der Waals surface area contributed by atoms with Crippen molar-refractivity contribution in [1.29, 1.82) is 0 Å². The number of nitrogens with zero attached hydrogens (tertiary/aromatic N) is 8. The predicted octanol–water partition coefficient (Wildman–Crippen LogP) is 3.96. The van der Waals surface area contributed by atoms with Crippen LogP contribution in [0.2, 0.25) is 0 Å². The lowest BCUT2D eigenvalue weighted by Gasteiger charge is -2.44. The maximum atomic E-state index is 15.8. The molecule has 1 amide bonds. The minimum atomic E-state index is -4.76. The monoisotopic (exact) mass is 613 g/mol. The Morgan fingerprint density at radius 1 is 1.00 bits per heavy atom. The molecular weight excluding hydrogens is 582 g/mol. The topological polar surface area (TPSA) is 104 Å². The summed E-state index contributed by atoms with van der Waals surface area (Å²) in [5.41, 5.74) is 1.22. The first-order valence-electron chi connectivity index (χ1n) is 14.2. The number of rotatable bonds is 5. The van der Waals surface area contributed by atoms with Gasteiger partial charge in [-0.05, 0) is 45.2 Å². The van der Waals surface area contributed by atoms with Gasteiger partial charge < -0.3 is 19.9 Å². The summed E-state index contributed by atoms with van der Waals surface area (Å²) in [7, 11) is 2.02. The number of anilines is 3. The normalized spacial score (nSPS) is 19.9. The molecule has 0 spiro atoms. The van der Waals surface area contributed by atoms with Gasteiger partial charge in [0.2, 0.25) is 11.8 Å². The third-order valence-electron chi connectivity index (χ3n) is 8.20. The molecule has 6 rings (SSSR count). The largest absolute Gasteiger partial charge is 0.452 e. The van der Waals surface area contributed by atoms with Gasteiger partial charge in [0.25, 0.3) is 5.91 Å². The Labute approximate surface area is 250 Å². The molecule has 2 aliphatic heterocycles. The van der Waals surface area contributed by atoms with Gasteiger partial charge in [-0.3, -0.25) is 14.1 Å². The fraction of sp³-hybridized carbons (Fsp3) is 0.414. The van der Waals surface area contributed by atoms with Crippen LogP contribution < -0.4 is 15.1 Å². The molecule has 5 heterocycles. The van der Waals surface area contributed by atoms with E-state index in [-0.39, 0.29) is 28.9 Å². The van der Waals surface area contributed by atoms with E-state index in [0.717, 1.165) is 10.6 Å². The highest BCUT2D eigenvalue weighted by Gasteiger charge is 2.37. The van der Waals surface area contributed by atoms with Crippen molar-refractivity contribution in [3.63, 3.8) is 0 Å². The van der Waals surface area contributed by atoms with Gasteiger partial charge in [-0.1, -0.05) is 0 Å². The highest BCUT2D eigenvalue weighted by Crippen LogP contribution is 2.36. The van der Waals surface area contributed by atoms with Crippen molar-refractivity contribution in [3.05, 3.63) is 60.1 Å². The molecule has 232 valence electrons. The highest BCUT2D eigenvalue weighted by molar-refractivity contribution is 6.06. The molecule has 1 N–H and O–H groups in total. The molecule has 0 saturated carbocycles. The first-order valence-corrected chi connectivity index (χ1v) is 14.2. The summed E-state index contributed by atoms with van der Waals surface area (Å²) in [5, 5.41) is 9.59. The molecule has 0 radical (unpaired) electrons. The van der Waals surface area contributed by atoms with Crippen molar-refractivity contribution in [2.75, 3.05) is 61.6 Å². The Balaban J connectivity index is 1.37. The molecule has 4 aromatic rings. The van der Waals surface area contributed by atoms with Crippen molar-refractivity contribution in [3.8, 4) is 11.1 Å². The van der Waals surface area contributed by atoms with E-state index >= 15 is 4.39 Å². The Bertz CT molecular complexity index is 1660. The summed E-state index contributed by atoms with van der Waals surface area (Å²) < 4.78 is 62.3. The second kappa shape index (κ2) is 11.6. The van der Waals surface area contributed by atoms with Gasteiger partial charge in [-0.15, -0.1) is 10.2 Å². The zero-order valence-electron chi connectivity index (χ0n) is 24.3. The number of nitrogens with one attached hydrogen (secondary N) is 1. The van der Waals surface area contributed by atoms with Crippen LogP contribution in [0.3, 0.4) is 0 Å². The lowest BCUT2D eigenvalue weighted by Crippen LogP contribution is -2.55. The smallest absolute Gasteiger partial charge is 0.378 e. The van der Waals surface area contributed by atoms with Gasteiger partial charge in [0.1, 0.15) is 5.82 Å². The lowest BCUT2D eigenvalue weighted by molar-refractivity contribution is -0.145. The van der Waals surface area contributed by atoms with Gasteiger partial charge in [0.15, 0.2) is 5.65 Å². The number of fused-ring (bicyclic) bond motifs is 1. The van der Waals surface area contributed by atoms with Crippen molar-refractivity contribution >= 4 is 28.9 Å². The minimum Gasteiger partial charge on any atom is -0.378 e. The van der Waals surface area contributed by atoms with E-state index in [1.807, 2.05) is 16.8 Å². The van der Waals surface area contributed by atoms with Crippen LogP contribution >= 0.6 is 0 Å². The van der Waals surface area contributed by atoms with Crippen LogP contribution in [-0.4, -0.2) is 93.9 Å². The average molecular weight is 614 g/mol. The van der Waals surface area contributed by atoms with Crippen LogP contribution in [0, 0.1) is 5.82 Å². The van der Waals surface area contributed by atoms with Gasteiger partial charge in [-0.25, -0.2) is 14.4 Å². The fourth-order valence-electron chi connectivity index (χ4n) is 5.55. The number of hydrogen-bond acceptors (Lipinski definition) is 9. The Morgan fingerprint density at radius 3 is 2.34 bits per heavy atom. The van der Waals surface area contributed by atoms with E-state index in [1.165, 1.54) is 36.7 Å². The van der Waals surface area contributed by atoms with Crippen LogP contribution in [0.25, 0.3) is 16.8 Å². The van der Waals surface area contributed by atoms with Crippen molar-refractivity contribution in [2.45, 2.75) is 32.1 Å². The molecule has 2 saturated heterocycles. The average Bonchev–Trinajstić information content (AvgIpc) is 3.45. The van der Waals surface area contributed by atoms with Crippen molar-refractivity contribution in [2.24, 2.45) is 0 Å². The molecule has 2 aliphatic rings. The second-order valence-electron chi connectivity index (χ2n) is 11.1. The predicted molar refractivity (Wildman–Crippen MR) is 155 cm³/mol. The summed E-state index contributed by atoms with van der Waals surface area (Å²) in [6.45, 7) is 7.68. The van der Waals surface area contributed by atoms with Crippen molar-refractivity contribution < 1.29 is 27.1 Å². The summed E-state index contributed by atoms with van der Waals surface area (Å²) >= 11 is 0. The first-order chi connectivity index (χ1) is 21.0. The number of hydrogen-bond donors (Lipinski definition) is 1. The Morgan fingerprint density at radius 2 is 1.68 bits per heavy atom. The number of benzene rings is 1. The van der Waals surface area contributed by atoms with E-state index in [9.17, 15) is 18.0 Å². The zero-order valence-corrected chi connectivity index (χ0v) is 24.3. The maximum absolute atomic E-state index is 15.8. The second-order valence-corrected chi connectivity index (χ2v) is 11.1. The lowest BCUT2D eigenvalue weighted by atomic mass is 10.0. The first kappa shape index (κ1) is 29.7. The fourth-order valence-corrected chi connectivity index (χ4v) is 5.55. The maximum Gasteiger partial charge on any atom is 0.452 e. The Hall–Kier alpha value is -4.37. The summed E-state index contributed by atoms with van der Waals surface area (Å²) in [4.78, 5) is 28.6. The van der Waals surface area contributed by atoms with Gasteiger partial charge >= 0.3 is 6.18 Å². The molecule has 3 aromatic heterocycles. The quantitative estimate of drug-likeness (QED) is 0.335. The third-order valence-corrected chi connectivity index (χ3v) is 8.20. The number of halogens is 4. The van der Waals surface area contributed by atoms with Crippen LogP contribution in [0.5, 0.6) is 0 Å². The van der Waals surface area contributed by atoms with Crippen molar-refractivity contribution in [1.82, 2.24) is 29.5 Å². The molecule has 0 unspecified atom stereocenters. The zero-order chi connectivity index (χ0) is 31.2. The van der Waals surface area contributed by atoms with Crippen LogP contribution in [-0.2, 0) is 10.9 Å². The standard InChI is InChI=1S/C29H31F4N9O2/c1-17-14-41(15-18(2)39(17)3)24-11-22(30)21(20-12-34-28(35-13-20)40-6-8-44-9-7-40)10-23(24)36-26(43)19-4-5-25-37-38-27(29(31,32)33)42(25)16-19/h4-5,10-13,16-18H,6-9,14-15H2,1-3H3,(H,36,43)/t17-,18+. The van der Waals surface area contributed by atoms with E-state index in [1.54, 1.807) is 0 Å². The molecule has 0 bridgehead atoms. The van der Waals surface area contributed by atoms with Crippen LogP contribution in [0.15, 0.2) is 42.9 Å². The molecule has 44 heavy (non-hydrogen) atoms. The van der Waals surface area contributed by atoms with E-state index in [0.29, 0.717) is 62.3 Å². The third kappa shape index (κ3) is 5.76. The number of ether oxygens (including phenoxy) is 1. The minimum absolute atomic E-state index is 0.0560. The molecule has 1 aromatic carbocycles.